The first-order valence-corrected chi connectivity index (χ1v) is 16.2. The third-order valence-corrected chi connectivity index (χ3v) is 10.0. The second-order valence-electron chi connectivity index (χ2n) is 12.0. The average molecular weight is 625 g/mol. The van der Waals surface area contributed by atoms with Crippen molar-refractivity contribution in [3.63, 3.8) is 0 Å². The maximum absolute atomic E-state index is 13.7. The van der Waals surface area contributed by atoms with Crippen LogP contribution in [-0.2, 0) is 20.2 Å². The number of likely N-dealkylation sites (tertiary alicyclic amines) is 1. The van der Waals surface area contributed by atoms with E-state index in [4.69, 9.17) is 11.6 Å². The van der Waals surface area contributed by atoms with Crippen molar-refractivity contribution in [1.29, 1.82) is 0 Å². The van der Waals surface area contributed by atoms with Crippen LogP contribution in [0.15, 0.2) is 83.8 Å². The molecule has 1 aliphatic rings. The Morgan fingerprint density at radius 1 is 0.953 bits per heavy atom. The molecule has 0 radical (unpaired) electrons. The van der Waals surface area contributed by atoms with Crippen LogP contribution in [0.4, 0.5) is 0 Å². The zero-order valence-corrected chi connectivity index (χ0v) is 26.3. The summed E-state index contributed by atoms with van der Waals surface area (Å²) in [7, 11) is -4.03. The monoisotopic (exact) mass is 624 g/mol. The molecule has 2 atom stereocenters. The highest BCUT2D eigenvalue weighted by Gasteiger charge is 2.50. The fourth-order valence-electron chi connectivity index (χ4n) is 5.50. The molecule has 10 heteroatoms. The van der Waals surface area contributed by atoms with Gasteiger partial charge in [-0.3, -0.25) is 14.4 Å². The molecule has 0 aliphatic carbocycles. The molecule has 0 unspecified atom stereocenters. The van der Waals surface area contributed by atoms with E-state index in [9.17, 15) is 27.9 Å². The second-order valence-corrected chi connectivity index (χ2v) is 14.5. The topological polar surface area (TPSA) is 121 Å². The zero-order chi connectivity index (χ0) is 31.6. The van der Waals surface area contributed by atoms with Crippen LogP contribution in [-0.4, -0.2) is 60.9 Å². The average Bonchev–Trinajstić information content (AvgIpc) is 2.97. The molecule has 228 valence electrons. The molecule has 0 bridgehead atoms. The Kier molecular flexibility index (Phi) is 9.49. The maximum atomic E-state index is 13.7. The molecule has 0 aromatic heterocycles. The molecule has 3 aromatic rings. The molecular weight excluding hydrogens is 588 g/mol. The molecule has 3 aromatic carbocycles. The number of piperidine rings is 1. The number of hydrogen-bond acceptors (Lipinski definition) is 6. The Hall–Kier alpha value is -3.53. The number of amides is 2. The number of nitrogens with zero attached hydrogens (tertiary/aromatic N) is 1. The Morgan fingerprint density at radius 3 is 2.19 bits per heavy atom. The van der Waals surface area contributed by atoms with Crippen molar-refractivity contribution in [2.45, 2.75) is 50.7 Å². The molecule has 2 amide bonds. The summed E-state index contributed by atoms with van der Waals surface area (Å²) in [6, 6.07) is 19.8. The van der Waals surface area contributed by atoms with Gasteiger partial charge in [0.1, 0.15) is 11.8 Å². The van der Waals surface area contributed by atoms with E-state index < -0.39 is 44.3 Å². The molecule has 0 spiro atoms. The summed E-state index contributed by atoms with van der Waals surface area (Å²) in [4.78, 5) is 41.1. The van der Waals surface area contributed by atoms with Crippen LogP contribution in [0.1, 0.15) is 60.4 Å². The Labute approximate surface area is 258 Å². The number of benzene rings is 3. The third kappa shape index (κ3) is 7.00. The van der Waals surface area contributed by atoms with Gasteiger partial charge in [-0.15, -0.1) is 0 Å². The quantitative estimate of drug-likeness (QED) is 0.327. The highest BCUT2D eigenvalue weighted by molar-refractivity contribution is 7.92. The minimum Gasteiger partial charge on any atom is -0.384 e. The summed E-state index contributed by atoms with van der Waals surface area (Å²) < 4.78 is 26.1. The summed E-state index contributed by atoms with van der Waals surface area (Å²) in [5.74, 6) is -2.44. The molecule has 1 fully saturated rings. The molecule has 8 nitrogen and oxygen atoms in total. The Balaban J connectivity index is 1.48. The molecule has 2 N–H and O–H groups in total. The van der Waals surface area contributed by atoms with Gasteiger partial charge in [0.25, 0.3) is 5.91 Å². The van der Waals surface area contributed by atoms with Crippen molar-refractivity contribution in [1.82, 2.24) is 10.2 Å². The first kappa shape index (κ1) is 32.4. The van der Waals surface area contributed by atoms with Gasteiger partial charge < -0.3 is 15.3 Å². The van der Waals surface area contributed by atoms with Crippen LogP contribution in [0.2, 0.25) is 5.02 Å². The van der Waals surface area contributed by atoms with E-state index in [0.717, 1.165) is 5.56 Å². The van der Waals surface area contributed by atoms with Gasteiger partial charge >= 0.3 is 0 Å². The van der Waals surface area contributed by atoms with E-state index in [2.05, 4.69) is 5.32 Å². The zero-order valence-electron chi connectivity index (χ0n) is 24.7. The SMILES string of the molecule is CC(C)[C@@H](NC(=O)c1cccc(S(=O)(=O)CC(=O)c2ccccc2)c1)C(=O)N1CC[C@](O)(c2ccc(Cl)cc2)C(C)(C)C1. The maximum Gasteiger partial charge on any atom is 0.251 e. The standard InChI is InChI=1S/C33H37ClN2O6S/c1-22(2)29(31(39)36-18-17-33(40,32(3,4)21-36)25-13-15-26(34)16-14-25)35-30(38)24-11-8-12-27(19-24)43(41,42)20-28(37)23-9-6-5-7-10-23/h5-16,19,22,29,40H,17-18,20-21H2,1-4H3,(H,35,38)/t29-,33+/m1/s1. The molecule has 1 saturated heterocycles. The predicted molar refractivity (Wildman–Crippen MR) is 166 cm³/mol. The Bertz CT molecular complexity index is 1610. The van der Waals surface area contributed by atoms with Crippen LogP contribution in [0.5, 0.6) is 0 Å². The van der Waals surface area contributed by atoms with Gasteiger partial charge in [0.15, 0.2) is 15.6 Å². The third-order valence-electron chi connectivity index (χ3n) is 8.17. The minimum absolute atomic E-state index is 0.0581. The van der Waals surface area contributed by atoms with Gasteiger partial charge in [0, 0.05) is 34.7 Å². The molecule has 43 heavy (non-hydrogen) atoms. The number of carbonyl (C=O) groups is 3. The largest absolute Gasteiger partial charge is 0.384 e. The highest BCUT2D eigenvalue weighted by atomic mass is 35.5. The van der Waals surface area contributed by atoms with Crippen LogP contribution in [0.3, 0.4) is 0 Å². The Morgan fingerprint density at radius 2 is 1.58 bits per heavy atom. The van der Waals surface area contributed by atoms with E-state index in [1.54, 1.807) is 59.5 Å². The van der Waals surface area contributed by atoms with Crippen molar-refractivity contribution < 1.29 is 27.9 Å². The smallest absolute Gasteiger partial charge is 0.251 e. The summed E-state index contributed by atoms with van der Waals surface area (Å²) in [6.07, 6.45) is 0.299. The number of ketones is 1. The molecule has 0 saturated carbocycles. The fraction of sp³-hybridized carbons (Fsp3) is 0.364. The van der Waals surface area contributed by atoms with Gasteiger partial charge in [-0.1, -0.05) is 87.8 Å². The second kappa shape index (κ2) is 12.6. The number of nitrogens with one attached hydrogen (secondary N) is 1. The fourth-order valence-corrected chi connectivity index (χ4v) is 6.90. The molecular formula is C33H37ClN2O6S. The summed E-state index contributed by atoms with van der Waals surface area (Å²) in [5, 5.41) is 15.1. The van der Waals surface area contributed by atoms with Crippen molar-refractivity contribution in [3.05, 3.63) is 101 Å². The van der Waals surface area contributed by atoms with E-state index in [1.807, 2.05) is 27.7 Å². The van der Waals surface area contributed by atoms with E-state index >= 15 is 0 Å². The van der Waals surface area contributed by atoms with E-state index in [-0.39, 0.29) is 40.9 Å². The van der Waals surface area contributed by atoms with Gasteiger partial charge in [-0.2, -0.15) is 0 Å². The number of carbonyl (C=O) groups excluding carboxylic acids is 3. The first-order chi connectivity index (χ1) is 20.1. The highest BCUT2D eigenvalue weighted by Crippen LogP contribution is 2.46. The number of Topliss-reactive ketones (excluding diaryl/α,β-unsaturated/α-hetero) is 1. The summed E-state index contributed by atoms with van der Waals surface area (Å²) in [5.41, 5.74) is -0.824. The van der Waals surface area contributed by atoms with Gasteiger partial charge in [-0.05, 0) is 48.2 Å². The van der Waals surface area contributed by atoms with Crippen molar-refractivity contribution in [3.8, 4) is 0 Å². The molecule has 4 rings (SSSR count). The van der Waals surface area contributed by atoms with Gasteiger partial charge in [0.2, 0.25) is 5.91 Å². The van der Waals surface area contributed by atoms with Gasteiger partial charge in [0.05, 0.1) is 10.5 Å². The molecule has 1 aliphatic heterocycles. The normalized spacial score (nSPS) is 19.1. The number of sulfone groups is 1. The minimum atomic E-state index is -4.03. The van der Waals surface area contributed by atoms with Crippen LogP contribution < -0.4 is 5.32 Å². The van der Waals surface area contributed by atoms with Crippen molar-refractivity contribution in [2.75, 3.05) is 18.8 Å². The van der Waals surface area contributed by atoms with E-state index in [1.165, 1.54) is 24.3 Å². The lowest BCUT2D eigenvalue weighted by atomic mass is 9.66. The lowest BCUT2D eigenvalue weighted by Crippen LogP contribution is -2.60. The van der Waals surface area contributed by atoms with Crippen LogP contribution in [0, 0.1) is 11.3 Å². The number of aliphatic hydroxyl groups is 1. The first-order valence-electron chi connectivity index (χ1n) is 14.1. The van der Waals surface area contributed by atoms with Crippen molar-refractivity contribution >= 4 is 39.0 Å². The van der Waals surface area contributed by atoms with E-state index in [0.29, 0.717) is 11.4 Å². The van der Waals surface area contributed by atoms with Crippen LogP contribution >= 0.6 is 11.6 Å². The predicted octanol–water partition coefficient (Wildman–Crippen LogP) is 4.90. The lowest BCUT2D eigenvalue weighted by Gasteiger charge is -2.51. The molecule has 1 heterocycles. The lowest BCUT2D eigenvalue weighted by molar-refractivity contribution is -0.155. The summed E-state index contributed by atoms with van der Waals surface area (Å²) in [6.45, 7) is 7.98. The summed E-state index contributed by atoms with van der Waals surface area (Å²) >= 11 is 6.04. The number of hydrogen-bond donors (Lipinski definition) is 2. The van der Waals surface area contributed by atoms with Gasteiger partial charge in [-0.25, -0.2) is 8.42 Å². The van der Waals surface area contributed by atoms with Crippen molar-refractivity contribution in [2.24, 2.45) is 11.3 Å². The number of halogens is 1. The number of rotatable bonds is 9. The van der Waals surface area contributed by atoms with Crippen LogP contribution in [0.25, 0.3) is 0 Å².